The molecule has 4 atom stereocenters. The van der Waals surface area contributed by atoms with E-state index < -0.39 is 5.97 Å². The van der Waals surface area contributed by atoms with Crippen LogP contribution in [0.3, 0.4) is 0 Å². The normalized spacial score (nSPS) is 37.7. The summed E-state index contributed by atoms with van der Waals surface area (Å²) in [5, 5.41) is 8.92. The summed E-state index contributed by atoms with van der Waals surface area (Å²) in [5.74, 6) is 0.240. The fourth-order valence-electron chi connectivity index (χ4n) is 4.94. The average Bonchev–Trinajstić information content (AvgIpc) is 2.50. The molecule has 0 unspecified atom stereocenters. The number of hydrogen-bond acceptors (Lipinski definition) is 2. The van der Waals surface area contributed by atoms with E-state index in [1.54, 1.807) is 0 Å². The Kier molecular flexibility index (Phi) is 5.17. The molecule has 0 saturated heterocycles. The minimum Gasteiger partial charge on any atom is -0.481 e. The van der Waals surface area contributed by atoms with Crippen LogP contribution in [0.1, 0.15) is 66.2 Å². The van der Waals surface area contributed by atoms with Crippen molar-refractivity contribution in [1.29, 1.82) is 0 Å². The molecule has 0 amide bonds. The summed E-state index contributed by atoms with van der Waals surface area (Å²) in [6.07, 6.45) is 10.4. The number of aldehydes is 1. The highest BCUT2D eigenvalue weighted by atomic mass is 16.4. The Morgan fingerprint density at radius 3 is 2.70 bits per heavy atom. The van der Waals surface area contributed by atoms with Crippen molar-refractivity contribution in [3.63, 3.8) is 0 Å². The van der Waals surface area contributed by atoms with Crippen molar-refractivity contribution in [2.24, 2.45) is 22.7 Å². The quantitative estimate of drug-likeness (QED) is 0.451. The fraction of sp³-hybridized carbons (Fsp3) is 0.700. The first-order valence-corrected chi connectivity index (χ1v) is 8.77. The van der Waals surface area contributed by atoms with Gasteiger partial charge in [-0.3, -0.25) is 9.59 Å². The topological polar surface area (TPSA) is 54.4 Å². The summed E-state index contributed by atoms with van der Waals surface area (Å²) < 4.78 is 0. The lowest BCUT2D eigenvalue weighted by atomic mass is 9.47. The van der Waals surface area contributed by atoms with Crippen LogP contribution in [0.25, 0.3) is 0 Å². The van der Waals surface area contributed by atoms with E-state index in [1.807, 2.05) is 6.08 Å². The van der Waals surface area contributed by atoms with Gasteiger partial charge < -0.3 is 5.11 Å². The van der Waals surface area contributed by atoms with E-state index in [1.165, 1.54) is 24.8 Å². The van der Waals surface area contributed by atoms with Crippen molar-refractivity contribution in [3.05, 3.63) is 23.3 Å². The van der Waals surface area contributed by atoms with Gasteiger partial charge in [-0.25, -0.2) is 0 Å². The number of carboxylic acid groups (broad SMARTS) is 1. The van der Waals surface area contributed by atoms with Gasteiger partial charge in [0.15, 0.2) is 0 Å². The summed E-state index contributed by atoms with van der Waals surface area (Å²) in [7, 11) is 0. The predicted octanol–water partition coefficient (Wildman–Crippen LogP) is 4.78. The smallest absolute Gasteiger partial charge is 0.307 e. The van der Waals surface area contributed by atoms with E-state index in [2.05, 4.69) is 33.8 Å². The Morgan fingerprint density at radius 2 is 2.09 bits per heavy atom. The molecule has 0 radical (unpaired) electrons. The van der Waals surface area contributed by atoms with E-state index in [-0.39, 0.29) is 17.3 Å². The van der Waals surface area contributed by atoms with Gasteiger partial charge in [-0.2, -0.15) is 0 Å². The lowest BCUT2D eigenvalue weighted by molar-refractivity contribution is -0.136. The summed E-state index contributed by atoms with van der Waals surface area (Å²) in [4.78, 5) is 22.0. The van der Waals surface area contributed by atoms with Gasteiger partial charge in [0, 0.05) is 0 Å². The second kappa shape index (κ2) is 6.62. The van der Waals surface area contributed by atoms with Gasteiger partial charge in [0.1, 0.15) is 6.29 Å². The fourth-order valence-corrected chi connectivity index (χ4v) is 4.94. The van der Waals surface area contributed by atoms with Crippen molar-refractivity contribution >= 4 is 12.3 Å². The highest BCUT2D eigenvalue weighted by Crippen LogP contribution is 2.61. The monoisotopic (exact) mass is 318 g/mol. The molecule has 2 aliphatic rings. The van der Waals surface area contributed by atoms with Crippen LogP contribution in [0.4, 0.5) is 0 Å². The average molecular weight is 318 g/mol. The van der Waals surface area contributed by atoms with Gasteiger partial charge >= 0.3 is 5.97 Å². The van der Waals surface area contributed by atoms with Crippen LogP contribution in [0.2, 0.25) is 0 Å². The molecule has 0 aliphatic heterocycles. The van der Waals surface area contributed by atoms with Crippen LogP contribution >= 0.6 is 0 Å². The maximum absolute atomic E-state index is 11.2. The summed E-state index contributed by atoms with van der Waals surface area (Å²) in [5.41, 5.74) is 2.29. The number of hydrogen-bond donors (Lipinski definition) is 1. The van der Waals surface area contributed by atoms with Crippen LogP contribution in [0.5, 0.6) is 0 Å². The van der Waals surface area contributed by atoms with Crippen LogP contribution < -0.4 is 0 Å². The molecule has 23 heavy (non-hydrogen) atoms. The zero-order valence-electron chi connectivity index (χ0n) is 14.9. The second-order valence-electron chi connectivity index (χ2n) is 8.05. The number of carbonyl (C=O) groups is 2. The molecular weight excluding hydrogens is 288 g/mol. The standard InChI is InChI=1S/C20H30O3/c1-14-6-5-7-17-19(14,3)10-8-15(2)20(17,4)11-9-16(13-21)12-18(22)23/h6,9,13,15,17H,5,7-8,10-12H2,1-4H3,(H,22,23)/b16-9+/t15-,17+,19+,20+/m1/s1. The largest absolute Gasteiger partial charge is 0.481 e. The highest BCUT2D eigenvalue weighted by Gasteiger charge is 2.52. The number of allylic oxidation sites excluding steroid dienone is 3. The summed E-state index contributed by atoms with van der Waals surface area (Å²) in [6, 6.07) is 0. The Labute approximate surface area is 139 Å². The van der Waals surface area contributed by atoms with Gasteiger partial charge in [-0.05, 0) is 67.3 Å². The van der Waals surface area contributed by atoms with Gasteiger partial charge in [-0.15, -0.1) is 0 Å². The number of carboxylic acids is 1. The van der Waals surface area contributed by atoms with E-state index in [0.29, 0.717) is 23.7 Å². The summed E-state index contributed by atoms with van der Waals surface area (Å²) >= 11 is 0. The SMILES string of the molecule is CC1=CCC[C@@H]2[C@@](C)(C/C=C(/C=O)CC(=O)O)[C@H](C)CC[C@@]12C. The third-order valence-electron chi connectivity index (χ3n) is 6.91. The first-order chi connectivity index (χ1) is 10.7. The zero-order valence-corrected chi connectivity index (χ0v) is 14.9. The highest BCUT2D eigenvalue weighted by molar-refractivity contribution is 5.83. The Bertz CT molecular complexity index is 545. The van der Waals surface area contributed by atoms with Gasteiger partial charge in [0.2, 0.25) is 0 Å². The second-order valence-corrected chi connectivity index (χ2v) is 8.05. The minimum absolute atomic E-state index is 0.120. The van der Waals surface area contributed by atoms with Crippen LogP contribution in [-0.2, 0) is 9.59 Å². The number of aliphatic carboxylic acids is 1. The van der Waals surface area contributed by atoms with Crippen molar-refractivity contribution in [3.8, 4) is 0 Å². The van der Waals surface area contributed by atoms with E-state index in [0.717, 1.165) is 12.8 Å². The van der Waals surface area contributed by atoms with Gasteiger partial charge in [-0.1, -0.05) is 38.5 Å². The molecule has 1 N–H and O–H groups in total. The molecule has 0 aromatic carbocycles. The Balaban J connectivity index is 2.30. The molecule has 2 aliphatic carbocycles. The lowest BCUT2D eigenvalue weighted by Gasteiger charge is -2.57. The minimum atomic E-state index is -0.938. The van der Waals surface area contributed by atoms with E-state index >= 15 is 0 Å². The maximum atomic E-state index is 11.2. The first kappa shape index (κ1) is 18.0. The van der Waals surface area contributed by atoms with Crippen molar-refractivity contribution in [1.82, 2.24) is 0 Å². The molecule has 0 heterocycles. The molecule has 0 bridgehead atoms. The zero-order chi connectivity index (χ0) is 17.3. The third-order valence-corrected chi connectivity index (χ3v) is 6.91. The molecule has 1 saturated carbocycles. The molecule has 2 rings (SSSR count). The Hall–Kier alpha value is -1.38. The molecule has 0 aromatic heterocycles. The lowest BCUT2D eigenvalue weighted by Crippen LogP contribution is -2.49. The van der Waals surface area contributed by atoms with Crippen LogP contribution in [0, 0.1) is 22.7 Å². The van der Waals surface area contributed by atoms with Crippen molar-refractivity contribution in [2.75, 3.05) is 0 Å². The summed E-state index contributed by atoms with van der Waals surface area (Å²) in [6.45, 7) is 9.32. The molecule has 0 aromatic rings. The molecular formula is C20H30O3. The predicted molar refractivity (Wildman–Crippen MR) is 92.1 cm³/mol. The molecule has 0 spiro atoms. The number of carbonyl (C=O) groups excluding carboxylic acids is 1. The maximum Gasteiger partial charge on any atom is 0.307 e. The van der Waals surface area contributed by atoms with Crippen LogP contribution in [-0.4, -0.2) is 17.4 Å². The first-order valence-electron chi connectivity index (χ1n) is 8.77. The van der Waals surface area contributed by atoms with Crippen molar-refractivity contribution in [2.45, 2.75) is 66.2 Å². The van der Waals surface area contributed by atoms with Gasteiger partial charge in [0.05, 0.1) is 6.42 Å². The van der Waals surface area contributed by atoms with E-state index in [4.69, 9.17) is 5.11 Å². The third kappa shape index (κ3) is 3.29. The van der Waals surface area contributed by atoms with Crippen molar-refractivity contribution < 1.29 is 14.7 Å². The Morgan fingerprint density at radius 1 is 1.39 bits per heavy atom. The number of fused-ring (bicyclic) bond motifs is 1. The molecule has 3 heteroatoms. The molecule has 3 nitrogen and oxygen atoms in total. The van der Waals surface area contributed by atoms with Crippen LogP contribution in [0.15, 0.2) is 23.3 Å². The number of rotatable bonds is 5. The molecule has 128 valence electrons. The van der Waals surface area contributed by atoms with E-state index in [9.17, 15) is 9.59 Å². The molecule has 1 fully saturated rings. The van der Waals surface area contributed by atoms with Gasteiger partial charge in [0.25, 0.3) is 0 Å².